The predicted molar refractivity (Wildman–Crippen MR) is 83.4 cm³/mol. The Morgan fingerprint density at radius 1 is 1.19 bits per heavy atom. The number of hydrogen-bond donors (Lipinski definition) is 0. The second kappa shape index (κ2) is 6.53. The lowest BCUT2D eigenvalue weighted by Gasteiger charge is -2.41. The lowest BCUT2D eigenvalue weighted by atomic mass is 9.81. The average molecular weight is 295 g/mol. The molecule has 0 amide bonds. The number of likely N-dealkylation sites (tertiary alicyclic amines) is 2. The Kier molecular flexibility index (Phi) is 4.69. The molecule has 0 saturated carbocycles. The molecule has 21 heavy (non-hydrogen) atoms. The van der Waals surface area contributed by atoms with Gasteiger partial charge in [0, 0.05) is 13.1 Å². The van der Waals surface area contributed by atoms with Crippen LogP contribution in [0.3, 0.4) is 0 Å². The van der Waals surface area contributed by atoms with Crippen LogP contribution >= 0.6 is 0 Å². The largest absolute Gasteiger partial charge is 0.470 e. The summed E-state index contributed by atoms with van der Waals surface area (Å²) in [6.07, 6.45) is 6.48. The van der Waals surface area contributed by atoms with E-state index in [1.807, 2.05) is 0 Å². The zero-order valence-electron chi connectivity index (χ0n) is 13.5. The molecular weight excluding hydrogens is 266 g/mol. The topological polar surface area (TPSA) is 37.3 Å². The number of oxime groups is 1. The number of hydrogen-bond acceptors (Lipinski definition) is 5. The molecule has 3 aliphatic rings. The molecule has 0 aliphatic carbocycles. The highest BCUT2D eigenvalue weighted by molar-refractivity contribution is 5.82. The zero-order chi connectivity index (χ0) is 14.7. The quantitative estimate of drug-likeness (QED) is 0.797. The Hall–Kier alpha value is -0.810. The maximum atomic E-state index is 6.24. The minimum atomic E-state index is 0.00751. The molecular formula is C16H29N3O2. The van der Waals surface area contributed by atoms with E-state index in [-0.39, 0.29) is 11.5 Å². The van der Waals surface area contributed by atoms with Crippen LogP contribution < -0.4 is 0 Å². The van der Waals surface area contributed by atoms with Gasteiger partial charge in [0.15, 0.2) is 6.61 Å². The lowest BCUT2D eigenvalue weighted by molar-refractivity contribution is -0.0256. The van der Waals surface area contributed by atoms with Gasteiger partial charge in [-0.1, -0.05) is 11.6 Å². The van der Waals surface area contributed by atoms with Gasteiger partial charge in [-0.2, -0.15) is 0 Å². The summed E-state index contributed by atoms with van der Waals surface area (Å²) in [6, 6.07) is 0. The van der Waals surface area contributed by atoms with E-state index in [2.05, 4.69) is 28.9 Å². The molecule has 5 heteroatoms. The molecule has 3 rings (SSSR count). The van der Waals surface area contributed by atoms with Crippen molar-refractivity contribution in [3.05, 3.63) is 0 Å². The first-order valence-corrected chi connectivity index (χ1v) is 8.44. The van der Waals surface area contributed by atoms with Crippen molar-refractivity contribution in [1.29, 1.82) is 0 Å². The third-order valence-electron chi connectivity index (χ3n) is 5.00. The molecule has 0 aromatic rings. The highest BCUT2D eigenvalue weighted by Crippen LogP contribution is 2.32. The highest BCUT2D eigenvalue weighted by Gasteiger charge is 2.40. The SMILES string of the molecule is CN1CCCC(C)(C2=NOCC(CN3CCCCC3)O2)C1. The maximum absolute atomic E-state index is 6.24. The van der Waals surface area contributed by atoms with Gasteiger partial charge in [-0.05, 0) is 59.3 Å². The second-order valence-corrected chi connectivity index (χ2v) is 7.20. The molecule has 5 nitrogen and oxygen atoms in total. The summed E-state index contributed by atoms with van der Waals surface area (Å²) in [4.78, 5) is 10.4. The van der Waals surface area contributed by atoms with Gasteiger partial charge in [-0.15, -0.1) is 0 Å². The molecule has 120 valence electrons. The fraction of sp³-hybridized carbons (Fsp3) is 0.938. The van der Waals surface area contributed by atoms with Gasteiger partial charge < -0.3 is 14.5 Å². The molecule has 0 N–H and O–H groups in total. The number of ether oxygens (including phenoxy) is 1. The van der Waals surface area contributed by atoms with Gasteiger partial charge in [0.05, 0.1) is 5.41 Å². The van der Waals surface area contributed by atoms with Crippen molar-refractivity contribution >= 4 is 5.90 Å². The highest BCUT2D eigenvalue weighted by atomic mass is 16.7. The maximum Gasteiger partial charge on any atom is 0.233 e. The van der Waals surface area contributed by atoms with E-state index in [4.69, 9.17) is 9.57 Å². The van der Waals surface area contributed by atoms with Crippen molar-refractivity contribution in [2.45, 2.75) is 45.1 Å². The van der Waals surface area contributed by atoms with E-state index in [0.717, 1.165) is 25.4 Å². The fourth-order valence-corrected chi connectivity index (χ4v) is 3.83. The first-order valence-electron chi connectivity index (χ1n) is 8.44. The van der Waals surface area contributed by atoms with Gasteiger partial charge in [0.1, 0.15) is 6.10 Å². The Morgan fingerprint density at radius 2 is 2.00 bits per heavy atom. The van der Waals surface area contributed by atoms with E-state index < -0.39 is 0 Å². The molecule has 0 bridgehead atoms. The summed E-state index contributed by atoms with van der Waals surface area (Å²) < 4.78 is 6.24. The Bertz CT molecular complexity index is 382. The molecule has 0 spiro atoms. The van der Waals surface area contributed by atoms with E-state index in [1.54, 1.807) is 0 Å². The monoisotopic (exact) mass is 295 g/mol. The third-order valence-corrected chi connectivity index (χ3v) is 5.00. The molecule has 0 aromatic carbocycles. The van der Waals surface area contributed by atoms with Crippen molar-refractivity contribution in [3.63, 3.8) is 0 Å². The molecule has 2 fully saturated rings. The summed E-state index contributed by atoms with van der Waals surface area (Å²) in [7, 11) is 2.17. The Balaban J connectivity index is 1.58. The molecule has 0 aromatic heterocycles. The zero-order valence-corrected chi connectivity index (χ0v) is 13.5. The molecule has 2 atom stereocenters. The van der Waals surface area contributed by atoms with E-state index in [0.29, 0.717) is 6.61 Å². The average Bonchev–Trinajstić information content (AvgIpc) is 2.48. The van der Waals surface area contributed by atoms with E-state index in [9.17, 15) is 0 Å². The van der Waals surface area contributed by atoms with Crippen molar-refractivity contribution in [3.8, 4) is 0 Å². The number of piperidine rings is 2. The van der Waals surface area contributed by atoms with E-state index in [1.165, 1.54) is 45.3 Å². The van der Waals surface area contributed by atoms with Crippen molar-refractivity contribution in [2.24, 2.45) is 10.6 Å². The van der Waals surface area contributed by atoms with Gasteiger partial charge in [-0.25, -0.2) is 0 Å². The Morgan fingerprint density at radius 3 is 2.76 bits per heavy atom. The van der Waals surface area contributed by atoms with Crippen molar-refractivity contribution < 1.29 is 9.57 Å². The summed E-state index contributed by atoms with van der Waals surface area (Å²) in [5.41, 5.74) is 0.00751. The lowest BCUT2D eigenvalue weighted by Crippen LogP contribution is -2.49. The summed E-state index contributed by atoms with van der Waals surface area (Å²) in [5, 5.41) is 4.25. The van der Waals surface area contributed by atoms with Crippen LogP contribution in [0.5, 0.6) is 0 Å². The summed E-state index contributed by atoms with van der Waals surface area (Å²) in [5.74, 6) is 0.822. The first-order chi connectivity index (χ1) is 10.2. The van der Waals surface area contributed by atoms with Crippen LogP contribution in [0, 0.1) is 5.41 Å². The molecule has 2 saturated heterocycles. The summed E-state index contributed by atoms with van der Waals surface area (Å²) >= 11 is 0. The minimum absolute atomic E-state index is 0.00751. The number of rotatable bonds is 3. The molecule has 3 heterocycles. The fourth-order valence-electron chi connectivity index (χ4n) is 3.83. The van der Waals surface area contributed by atoms with Gasteiger partial charge in [-0.3, -0.25) is 4.90 Å². The molecule has 2 unspecified atom stereocenters. The minimum Gasteiger partial charge on any atom is -0.470 e. The smallest absolute Gasteiger partial charge is 0.233 e. The van der Waals surface area contributed by atoms with Crippen molar-refractivity contribution in [2.75, 3.05) is 46.4 Å². The van der Waals surface area contributed by atoms with Crippen LogP contribution in [0.2, 0.25) is 0 Å². The molecule has 0 radical (unpaired) electrons. The molecule has 3 aliphatic heterocycles. The van der Waals surface area contributed by atoms with Gasteiger partial charge in [0.25, 0.3) is 0 Å². The van der Waals surface area contributed by atoms with Crippen LogP contribution in [0.15, 0.2) is 5.16 Å². The van der Waals surface area contributed by atoms with Gasteiger partial charge >= 0.3 is 0 Å². The predicted octanol–water partition coefficient (Wildman–Crippen LogP) is 1.93. The van der Waals surface area contributed by atoms with Crippen LogP contribution in [0.4, 0.5) is 0 Å². The Labute approximate surface area is 128 Å². The van der Waals surface area contributed by atoms with Crippen LogP contribution in [0.25, 0.3) is 0 Å². The van der Waals surface area contributed by atoms with Gasteiger partial charge in [0.2, 0.25) is 5.90 Å². The summed E-state index contributed by atoms with van der Waals surface area (Å²) in [6.45, 7) is 8.40. The van der Waals surface area contributed by atoms with E-state index >= 15 is 0 Å². The first kappa shape index (κ1) is 15.1. The normalized spacial score (nSPS) is 35.7. The van der Waals surface area contributed by atoms with Crippen LogP contribution in [-0.4, -0.2) is 68.2 Å². The van der Waals surface area contributed by atoms with Crippen LogP contribution in [-0.2, 0) is 9.57 Å². The number of nitrogens with zero attached hydrogens (tertiary/aromatic N) is 3. The van der Waals surface area contributed by atoms with Crippen molar-refractivity contribution in [1.82, 2.24) is 9.80 Å². The second-order valence-electron chi connectivity index (χ2n) is 7.20. The third kappa shape index (κ3) is 3.69. The van der Waals surface area contributed by atoms with Crippen LogP contribution in [0.1, 0.15) is 39.0 Å². The standard InChI is InChI=1S/C16H29N3O2/c1-16(7-6-8-18(2)13-16)15-17-20-12-14(21-15)11-19-9-4-3-5-10-19/h14H,3-13H2,1-2H3.